The highest BCUT2D eigenvalue weighted by Crippen LogP contribution is 2.33. The second-order valence-electron chi connectivity index (χ2n) is 5.33. The quantitative estimate of drug-likeness (QED) is 0.421. The number of nitrogens with zero attached hydrogens (tertiary/aromatic N) is 3. The van der Waals surface area contributed by atoms with Crippen molar-refractivity contribution in [1.82, 2.24) is 4.31 Å². The second kappa shape index (κ2) is 8.41. The van der Waals surface area contributed by atoms with E-state index in [1.165, 1.54) is 47.6 Å². The van der Waals surface area contributed by atoms with Crippen LogP contribution >= 0.6 is 11.9 Å². The Balaban J connectivity index is 2.28. The molecule has 2 aromatic rings. The van der Waals surface area contributed by atoms with Crippen molar-refractivity contribution in [3.63, 3.8) is 0 Å². The number of hydrogen-bond acceptors (Lipinski definition) is 7. The molecule has 2 rings (SSSR count). The minimum absolute atomic E-state index is 0.0714. The molecule has 0 aliphatic carbocycles. The van der Waals surface area contributed by atoms with Crippen LogP contribution < -0.4 is 0 Å². The normalized spacial score (nSPS) is 11.9. The molecule has 0 saturated carbocycles. The molecule has 0 saturated heterocycles. The summed E-state index contributed by atoms with van der Waals surface area (Å²) in [5.74, 6) is -1.09. The van der Waals surface area contributed by atoms with Gasteiger partial charge in [-0.1, -0.05) is 24.3 Å². The molecule has 0 aromatic heterocycles. The van der Waals surface area contributed by atoms with Crippen LogP contribution in [0.2, 0.25) is 0 Å². The van der Waals surface area contributed by atoms with Gasteiger partial charge in [0.1, 0.15) is 10.9 Å². The number of carboxylic acid groups (broad SMARTS) is 1. The van der Waals surface area contributed by atoms with E-state index >= 15 is 0 Å². The number of non-ortho nitro benzene ring substituents is 1. The van der Waals surface area contributed by atoms with Gasteiger partial charge in [0.25, 0.3) is 11.4 Å². The van der Waals surface area contributed by atoms with Crippen molar-refractivity contribution in [3.8, 4) is 0 Å². The Kier molecular flexibility index (Phi) is 6.26. The minimum atomic E-state index is -1.09. The molecule has 1 unspecified atom stereocenters. The molecule has 0 fully saturated rings. The van der Waals surface area contributed by atoms with Gasteiger partial charge in [0, 0.05) is 24.7 Å². The highest BCUT2D eigenvalue weighted by molar-refractivity contribution is 7.97. The third-order valence-corrected chi connectivity index (χ3v) is 4.77. The summed E-state index contributed by atoms with van der Waals surface area (Å²) >= 11 is 0.962. The van der Waals surface area contributed by atoms with Crippen LogP contribution in [0.25, 0.3) is 0 Å². The molecular weight excluding hydrogens is 362 g/mol. The molecule has 2 aromatic carbocycles. The summed E-state index contributed by atoms with van der Waals surface area (Å²) in [5, 5.41) is 31.2. The van der Waals surface area contributed by atoms with Crippen molar-refractivity contribution in [2.24, 2.45) is 0 Å². The molecule has 0 aliphatic heterocycles. The van der Waals surface area contributed by atoms with Crippen LogP contribution in [0.1, 0.15) is 12.5 Å². The van der Waals surface area contributed by atoms with Gasteiger partial charge in [-0.25, -0.2) is 4.31 Å². The number of rotatable bonds is 8. The molecular formula is C16H15N3O6S. The van der Waals surface area contributed by atoms with Crippen molar-refractivity contribution < 1.29 is 19.7 Å². The first-order valence-corrected chi connectivity index (χ1v) is 8.21. The van der Waals surface area contributed by atoms with E-state index in [-0.39, 0.29) is 17.9 Å². The van der Waals surface area contributed by atoms with E-state index in [2.05, 4.69) is 0 Å². The summed E-state index contributed by atoms with van der Waals surface area (Å²) in [7, 11) is 0. The van der Waals surface area contributed by atoms with Crippen molar-refractivity contribution in [2.45, 2.75) is 24.4 Å². The number of carbonyl (C=O) groups is 1. The first kappa shape index (κ1) is 19.3. The lowest BCUT2D eigenvalue weighted by molar-refractivity contribution is -0.387. The smallest absolute Gasteiger partial charge is 0.321 e. The minimum Gasteiger partial charge on any atom is -0.480 e. The Morgan fingerprint density at radius 2 is 1.73 bits per heavy atom. The van der Waals surface area contributed by atoms with Crippen LogP contribution in [0, 0.1) is 20.2 Å². The molecule has 1 N–H and O–H groups in total. The zero-order valence-corrected chi connectivity index (χ0v) is 14.5. The Labute approximate surface area is 152 Å². The molecule has 0 amide bonds. The second-order valence-corrected chi connectivity index (χ2v) is 6.42. The zero-order valence-electron chi connectivity index (χ0n) is 13.6. The van der Waals surface area contributed by atoms with Gasteiger partial charge in [-0.2, -0.15) is 0 Å². The fraction of sp³-hybridized carbons (Fsp3) is 0.188. The monoisotopic (exact) mass is 377 g/mol. The fourth-order valence-electron chi connectivity index (χ4n) is 2.09. The maximum atomic E-state index is 11.4. The molecule has 0 radical (unpaired) electrons. The highest BCUT2D eigenvalue weighted by Gasteiger charge is 2.25. The average molecular weight is 377 g/mol. The van der Waals surface area contributed by atoms with E-state index in [1.54, 1.807) is 12.1 Å². The lowest BCUT2D eigenvalue weighted by atomic mass is 10.2. The number of aliphatic carboxylic acids is 1. The van der Waals surface area contributed by atoms with Gasteiger partial charge in [0.05, 0.1) is 9.85 Å². The number of para-hydroxylation sites is 1. The fourth-order valence-corrected chi connectivity index (χ4v) is 3.18. The zero-order chi connectivity index (χ0) is 19.3. The standard InChI is InChI=1S/C16H15N3O6S/c1-11(16(20)21)17(10-12-6-8-13(9-7-12)18(22)23)26-15-5-3-2-4-14(15)19(24)25/h2-9,11H,10H2,1H3,(H,20,21). The van der Waals surface area contributed by atoms with Crippen LogP contribution in [0.15, 0.2) is 53.4 Å². The molecule has 0 bridgehead atoms. The van der Waals surface area contributed by atoms with Crippen LogP contribution in [-0.4, -0.2) is 31.3 Å². The third-order valence-electron chi connectivity index (χ3n) is 3.55. The molecule has 0 aliphatic rings. The van der Waals surface area contributed by atoms with Crippen molar-refractivity contribution in [3.05, 3.63) is 74.3 Å². The number of nitro benzene ring substituents is 2. The van der Waals surface area contributed by atoms with Crippen LogP contribution in [0.5, 0.6) is 0 Å². The lowest BCUT2D eigenvalue weighted by Crippen LogP contribution is -2.33. The van der Waals surface area contributed by atoms with Crippen LogP contribution in [0.3, 0.4) is 0 Å². The van der Waals surface area contributed by atoms with E-state index in [9.17, 15) is 30.1 Å². The van der Waals surface area contributed by atoms with Gasteiger partial charge in [0.15, 0.2) is 0 Å². The number of benzene rings is 2. The molecule has 1 atom stereocenters. The van der Waals surface area contributed by atoms with Gasteiger partial charge in [-0.05, 0) is 30.5 Å². The molecule has 26 heavy (non-hydrogen) atoms. The maximum absolute atomic E-state index is 11.4. The summed E-state index contributed by atoms with van der Waals surface area (Å²) in [6.45, 7) is 1.61. The Hall–Kier alpha value is -2.98. The Morgan fingerprint density at radius 3 is 2.27 bits per heavy atom. The number of nitro groups is 2. The summed E-state index contributed by atoms with van der Waals surface area (Å²) < 4.78 is 1.48. The molecule has 0 heterocycles. The third kappa shape index (κ3) is 4.77. The van der Waals surface area contributed by atoms with Crippen LogP contribution in [-0.2, 0) is 11.3 Å². The van der Waals surface area contributed by atoms with Gasteiger partial charge in [0.2, 0.25) is 0 Å². The van der Waals surface area contributed by atoms with Gasteiger partial charge >= 0.3 is 5.97 Å². The first-order chi connectivity index (χ1) is 12.3. The van der Waals surface area contributed by atoms with Gasteiger partial charge in [-0.3, -0.25) is 25.0 Å². The maximum Gasteiger partial charge on any atom is 0.321 e. The summed E-state index contributed by atoms with van der Waals surface area (Å²) in [5.41, 5.74) is 0.455. The number of carboxylic acids is 1. The first-order valence-electron chi connectivity index (χ1n) is 7.43. The predicted octanol–water partition coefficient (Wildman–Crippen LogP) is 3.49. The van der Waals surface area contributed by atoms with Crippen molar-refractivity contribution in [2.75, 3.05) is 0 Å². The van der Waals surface area contributed by atoms with E-state index < -0.39 is 21.9 Å². The van der Waals surface area contributed by atoms with Crippen LogP contribution in [0.4, 0.5) is 11.4 Å². The topological polar surface area (TPSA) is 127 Å². The molecule has 9 nitrogen and oxygen atoms in total. The Morgan fingerprint density at radius 1 is 1.12 bits per heavy atom. The molecule has 0 spiro atoms. The van der Waals surface area contributed by atoms with Crippen molar-refractivity contribution in [1.29, 1.82) is 0 Å². The molecule has 10 heteroatoms. The SMILES string of the molecule is CC(C(=O)O)N(Cc1ccc([N+](=O)[O-])cc1)Sc1ccccc1[N+](=O)[O-]. The summed E-state index contributed by atoms with van der Waals surface area (Å²) in [6, 6.07) is 10.8. The van der Waals surface area contributed by atoms with Crippen molar-refractivity contribution >= 4 is 29.3 Å². The van der Waals surface area contributed by atoms with E-state index in [1.807, 2.05) is 0 Å². The van der Waals surface area contributed by atoms with E-state index in [0.717, 1.165) is 11.9 Å². The summed E-state index contributed by atoms with van der Waals surface area (Å²) in [4.78, 5) is 32.5. The van der Waals surface area contributed by atoms with Gasteiger partial charge in [-0.15, -0.1) is 0 Å². The van der Waals surface area contributed by atoms with Gasteiger partial charge < -0.3 is 5.11 Å². The highest BCUT2D eigenvalue weighted by atomic mass is 32.2. The number of hydrogen-bond donors (Lipinski definition) is 1. The van der Waals surface area contributed by atoms with E-state index in [4.69, 9.17) is 0 Å². The lowest BCUT2D eigenvalue weighted by Gasteiger charge is -2.24. The van der Waals surface area contributed by atoms with E-state index in [0.29, 0.717) is 10.5 Å². The molecule has 136 valence electrons. The largest absolute Gasteiger partial charge is 0.480 e. The Bertz CT molecular complexity index is 827. The average Bonchev–Trinajstić information content (AvgIpc) is 2.61. The predicted molar refractivity (Wildman–Crippen MR) is 94.7 cm³/mol. The summed E-state index contributed by atoms with van der Waals surface area (Å²) in [6.07, 6.45) is 0.